The van der Waals surface area contributed by atoms with Crippen LogP contribution in [0.2, 0.25) is 0 Å². The number of carbonyl (C=O) groups is 1. The molecular weight excluding hydrogens is 328 g/mol. The molecule has 0 aliphatic carbocycles. The average molecular weight is 352 g/mol. The van der Waals surface area contributed by atoms with E-state index in [9.17, 15) is 4.79 Å². The molecule has 0 aliphatic heterocycles. The van der Waals surface area contributed by atoms with Crippen LogP contribution in [0.15, 0.2) is 47.0 Å². The number of aromatic amines is 1. The zero-order valence-corrected chi connectivity index (χ0v) is 15.1. The normalized spacial score (nSPS) is 10.8. The molecule has 0 fully saturated rings. The highest BCUT2D eigenvalue weighted by molar-refractivity contribution is 5.94. The Morgan fingerprint density at radius 2 is 2.12 bits per heavy atom. The van der Waals surface area contributed by atoms with Crippen molar-refractivity contribution in [1.82, 2.24) is 20.8 Å². The zero-order valence-electron chi connectivity index (χ0n) is 15.1. The third-order valence-electron chi connectivity index (χ3n) is 4.07. The monoisotopic (exact) mass is 352 g/mol. The smallest absolute Gasteiger partial charge is 0.251 e. The lowest BCUT2D eigenvalue weighted by atomic mass is 10.1. The minimum absolute atomic E-state index is 0.0287. The van der Waals surface area contributed by atoms with E-state index in [0.717, 1.165) is 34.8 Å². The topological polar surface area (TPSA) is 83.0 Å². The van der Waals surface area contributed by atoms with Crippen molar-refractivity contribution in [2.24, 2.45) is 0 Å². The van der Waals surface area contributed by atoms with Crippen molar-refractivity contribution in [3.63, 3.8) is 0 Å². The number of H-pyrrole nitrogens is 1. The van der Waals surface area contributed by atoms with Gasteiger partial charge in [-0.3, -0.25) is 9.89 Å². The van der Waals surface area contributed by atoms with Crippen molar-refractivity contribution < 1.29 is 9.21 Å². The van der Waals surface area contributed by atoms with E-state index in [2.05, 4.69) is 20.8 Å². The summed E-state index contributed by atoms with van der Waals surface area (Å²) in [6.45, 7) is 5.96. The van der Waals surface area contributed by atoms with Crippen LogP contribution in [0, 0.1) is 6.92 Å². The van der Waals surface area contributed by atoms with Gasteiger partial charge in [0.15, 0.2) is 5.76 Å². The Hall–Kier alpha value is -2.86. The molecule has 0 saturated heterocycles. The van der Waals surface area contributed by atoms with Crippen molar-refractivity contribution in [3.05, 3.63) is 65.0 Å². The minimum Gasteiger partial charge on any atom is -0.460 e. The molecule has 2 aromatic heterocycles. The summed E-state index contributed by atoms with van der Waals surface area (Å²) in [5, 5.41) is 13.4. The van der Waals surface area contributed by atoms with Crippen LogP contribution in [0.4, 0.5) is 0 Å². The molecule has 0 spiro atoms. The molecule has 1 aromatic carbocycles. The molecule has 2 heterocycles. The van der Waals surface area contributed by atoms with Gasteiger partial charge < -0.3 is 15.1 Å². The second-order valence-corrected chi connectivity index (χ2v) is 6.24. The molecule has 3 aromatic rings. The summed E-state index contributed by atoms with van der Waals surface area (Å²) in [6, 6.07) is 11.5. The Labute approximate surface area is 153 Å². The molecule has 3 rings (SSSR count). The zero-order chi connectivity index (χ0) is 18.4. The van der Waals surface area contributed by atoms with Crippen molar-refractivity contribution in [2.75, 3.05) is 6.54 Å². The molecule has 136 valence electrons. The van der Waals surface area contributed by atoms with Crippen LogP contribution < -0.4 is 10.6 Å². The van der Waals surface area contributed by atoms with Gasteiger partial charge in [0.1, 0.15) is 11.5 Å². The highest BCUT2D eigenvalue weighted by atomic mass is 16.3. The molecule has 0 bridgehead atoms. The number of nitrogens with zero attached hydrogens (tertiary/aromatic N) is 1. The first kappa shape index (κ1) is 17.9. The van der Waals surface area contributed by atoms with Crippen LogP contribution in [0.1, 0.15) is 40.6 Å². The highest BCUT2D eigenvalue weighted by Crippen LogP contribution is 2.23. The fourth-order valence-corrected chi connectivity index (χ4v) is 2.73. The number of hydrogen-bond acceptors (Lipinski definition) is 4. The summed E-state index contributed by atoms with van der Waals surface area (Å²) in [6.07, 6.45) is 2.73. The van der Waals surface area contributed by atoms with Crippen molar-refractivity contribution in [3.8, 4) is 11.5 Å². The molecule has 0 atom stereocenters. The van der Waals surface area contributed by atoms with Gasteiger partial charge in [0.25, 0.3) is 5.91 Å². The Balaban J connectivity index is 1.59. The van der Waals surface area contributed by atoms with E-state index in [1.807, 2.05) is 50.2 Å². The molecule has 26 heavy (non-hydrogen) atoms. The molecular formula is C20H24N4O2. The lowest BCUT2D eigenvalue weighted by molar-refractivity contribution is 0.0953. The second-order valence-electron chi connectivity index (χ2n) is 6.24. The Bertz CT molecular complexity index is 866. The highest BCUT2D eigenvalue weighted by Gasteiger charge is 2.11. The number of rotatable bonds is 8. The van der Waals surface area contributed by atoms with E-state index in [-0.39, 0.29) is 5.91 Å². The summed E-state index contributed by atoms with van der Waals surface area (Å²) < 4.78 is 5.66. The quantitative estimate of drug-likeness (QED) is 0.580. The Morgan fingerprint density at radius 1 is 1.23 bits per heavy atom. The van der Waals surface area contributed by atoms with Gasteiger partial charge in [0, 0.05) is 30.8 Å². The van der Waals surface area contributed by atoms with Gasteiger partial charge in [-0.25, -0.2) is 0 Å². The summed E-state index contributed by atoms with van der Waals surface area (Å²) >= 11 is 0. The number of aryl methyl sites for hydroxylation is 1. The number of hydrogen-bond donors (Lipinski definition) is 3. The largest absolute Gasteiger partial charge is 0.460 e. The van der Waals surface area contributed by atoms with Crippen LogP contribution in [0.3, 0.4) is 0 Å². The second kappa shape index (κ2) is 8.49. The van der Waals surface area contributed by atoms with Crippen molar-refractivity contribution >= 4 is 5.91 Å². The van der Waals surface area contributed by atoms with Crippen LogP contribution in [0.25, 0.3) is 11.5 Å². The van der Waals surface area contributed by atoms with Gasteiger partial charge in [-0.05, 0) is 43.2 Å². The maximum Gasteiger partial charge on any atom is 0.251 e. The van der Waals surface area contributed by atoms with E-state index >= 15 is 0 Å². The van der Waals surface area contributed by atoms with Gasteiger partial charge in [-0.1, -0.05) is 19.1 Å². The van der Waals surface area contributed by atoms with Crippen LogP contribution >= 0.6 is 0 Å². The fraction of sp³-hybridized carbons (Fsp3) is 0.300. The van der Waals surface area contributed by atoms with Crippen LogP contribution in [-0.4, -0.2) is 22.6 Å². The van der Waals surface area contributed by atoms with Gasteiger partial charge in [0.05, 0.1) is 6.20 Å². The van der Waals surface area contributed by atoms with E-state index in [1.54, 1.807) is 6.20 Å². The molecule has 3 N–H and O–H groups in total. The van der Waals surface area contributed by atoms with Gasteiger partial charge in [0.2, 0.25) is 0 Å². The first-order valence-electron chi connectivity index (χ1n) is 8.84. The Morgan fingerprint density at radius 3 is 2.88 bits per heavy atom. The van der Waals surface area contributed by atoms with E-state index in [0.29, 0.717) is 25.2 Å². The lowest BCUT2D eigenvalue weighted by Gasteiger charge is -2.08. The van der Waals surface area contributed by atoms with Crippen molar-refractivity contribution in [2.45, 2.75) is 33.4 Å². The average Bonchev–Trinajstić information content (AvgIpc) is 3.28. The predicted octanol–water partition coefficient (Wildman–Crippen LogP) is 3.41. The number of carbonyl (C=O) groups excluding carboxylic acids is 1. The van der Waals surface area contributed by atoms with E-state index in [4.69, 9.17) is 4.42 Å². The van der Waals surface area contributed by atoms with Gasteiger partial charge >= 0.3 is 0 Å². The van der Waals surface area contributed by atoms with Gasteiger partial charge in [-0.2, -0.15) is 5.10 Å². The molecule has 0 aliphatic rings. The SMILES string of the molecule is CCCNC(=O)c1cccc(CNCc2cn[nH]c2-c2ccc(C)o2)c1. The van der Waals surface area contributed by atoms with Crippen LogP contribution in [0.5, 0.6) is 0 Å². The Kier molecular flexibility index (Phi) is 5.86. The van der Waals surface area contributed by atoms with Gasteiger partial charge in [-0.15, -0.1) is 0 Å². The molecule has 0 radical (unpaired) electrons. The maximum atomic E-state index is 12.1. The fourth-order valence-electron chi connectivity index (χ4n) is 2.73. The van der Waals surface area contributed by atoms with E-state index < -0.39 is 0 Å². The van der Waals surface area contributed by atoms with Crippen LogP contribution in [-0.2, 0) is 13.1 Å². The standard InChI is InChI=1S/C20H24N4O2/c1-3-9-22-20(25)16-6-4-5-15(10-16)11-21-12-17-13-23-24-19(17)18-8-7-14(2)26-18/h4-8,10,13,21H,3,9,11-12H2,1-2H3,(H,22,25)(H,23,24). The first-order chi connectivity index (χ1) is 12.7. The summed E-state index contributed by atoms with van der Waals surface area (Å²) in [5.41, 5.74) is 3.68. The lowest BCUT2D eigenvalue weighted by Crippen LogP contribution is -2.24. The molecule has 0 unspecified atom stereocenters. The number of aromatic nitrogens is 2. The third kappa shape index (κ3) is 4.40. The minimum atomic E-state index is -0.0287. The first-order valence-corrected chi connectivity index (χ1v) is 8.84. The molecule has 6 nitrogen and oxygen atoms in total. The summed E-state index contributed by atoms with van der Waals surface area (Å²) in [7, 11) is 0. The maximum absolute atomic E-state index is 12.1. The molecule has 6 heteroatoms. The summed E-state index contributed by atoms with van der Waals surface area (Å²) in [5.74, 6) is 1.62. The third-order valence-corrected chi connectivity index (χ3v) is 4.07. The molecule has 0 saturated carbocycles. The van der Waals surface area contributed by atoms with Crippen molar-refractivity contribution in [1.29, 1.82) is 0 Å². The number of furan rings is 1. The predicted molar refractivity (Wildman–Crippen MR) is 101 cm³/mol. The molecule has 1 amide bonds. The number of nitrogens with one attached hydrogen (secondary N) is 3. The van der Waals surface area contributed by atoms with E-state index in [1.165, 1.54) is 0 Å². The number of amides is 1. The summed E-state index contributed by atoms with van der Waals surface area (Å²) in [4.78, 5) is 12.1. The number of benzene rings is 1.